The summed E-state index contributed by atoms with van der Waals surface area (Å²) in [6.07, 6.45) is 0.404. The number of urea groups is 1. The minimum Gasteiger partial charge on any atom is -0.338 e. The van der Waals surface area contributed by atoms with Crippen LogP contribution < -0.4 is 16.1 Å². The number of hydrogen-bond acceptors (Lipinski definition) is 3. The van der Waals surface area contributed by atoms with Crippen LogP contribution in [-0.2, 0) is 0 Å². The van der Waals surface area contributed by atoms with Gasteiger partial charge in [0.2, 0.25) is 0 Å². The van der Waals surface area contributed by atoms with Crippen molar-refractivity contribution in [3.8, 4) is 0 Å². The second-order valence-corrected chi connectivity index (χ2v) is 1.87. The Morgan fingerprint density at radius 2 is 2.56 bits per heavy atom. The van der Waals surface area contributed by atoms with E-state index in [1.807, 2.05) is 5.48 Å². The molecule has 4 N–H and O–H groups in total. The van der Waals surface area contributed by atoms with E-state index in [1.54, 1.807) is 0 Å². The van der Waals surface area contributed by atoms with Gasteiger partial charge in [-0.2, -0.15) is 5.48 Å². The van der Waals surface area contributed by atoms with Crippen molar-refractivity contribution < 1.29 is 10.0 Å². The van der Waals surface area contributed by atoms with E-state index in [1.165, 1.54) is 0 Å². The van der Waals surface area contributed by atoms with E-state index in [-0.39, 0.29) is 12.2 Å². The third-order valence-corrected chi connectivity index (χ3v) is 1.18. The Balaban J connectivity index is 2.32. The van der Waals surface area contributed by atoms with Gasteiger partial charge in [-0.3, -0.25) is 0 Å². The highest BCUT2D eigenvalue weighted by Crippen LogP contribution is 1.89. The molecule has 1 fully saturated rings. The zero-order valence-electron chi connectivity index (χ0n) is 4.85. The fraction of sp³-hybridized carbons (Fsp3) is 0.750. The summed E-state index contributed by atoms with van der Waals surface area (Å²) in [6, 6.07) is -0.243. The van der Waals surface area contributed by atoms with Crippen LogP contribution >= 0.6 is 0 Å². The molecule has 0 bridgehead atoms. The van der Waals surface area contributed by atoms with Gasteiger partial charge < -0.3 is 15.8 Å². The van der Waals surface area contributed by atoms with Gasteiger partial charge in [-0.25, -0.2) is 4.79 Å². The summed E-state index contributed by atoms with van der Waals surface area (Å²) < 4.78 is 0. The number of amides is 2. The third kappa shape index (κ3) is 1.55. The topological polar surface area (TPSA) is 73.4 Å². The van der Waals surface area contributed by atoms with E-state index in [2.05, 4.69) is 10.6 Å². The molecule has 0 aromatic heterocycles. The Bertz CT molecular complexity index is 116. The number of rotatable bonds is 1. The molecule has 0 spiro atoms. The largest absolute Gasteiger partial charge is 0.338 e. The van der Waals surface area contributed by atoms with Crippen molar-refractivity contribution in [3.05, 3.63) is 0 Å². The summed E-state index contributed by atoms with van der Waals surface area (Å²) in [5.41, 5.74) is 1.96. The number of hydroxylamine groups is 1. The molecule has 2 amide bonds. The van der Waals surface area contributed by atoms with E-state index in [0.717, 1.165) is 0 Å². The SMILES string of the molecule is O=C1NCCC(NO)N1. The molecule has 1 unspecified atom stereocenters. The summed E-state index contributed by atoms with van der Waals surface area (Å²) >= 11 is 0. The van der Waals surface area contributed by atoms with Crippen LogP contribution in [0.25, 0.3) is 0 Å². The summed E-state index contributed by atoms with van der Waals surface area (Å²) in [5, 5.41) is 13.3. The van der Waals surface area contributed by atoms with Crippen LogP contribution in [0.15, 0.2) is 0 Å². The van der Waals surface area contributed by atoms with Crippen molar-refractivity contribution in [2.75, 3.05) is 6.54 Å². The van der Waals surface area contributed by atoms with E-state index in [9.17, 15) is 4.79 Å². The van der Waals surface area contributed by atoms with Crippen LogP contribution in [-0.4, -0.2) is 23.9 Å². The van der Waals surface area contributed by atoms with E-state index in [0.29, 0.717) is 13.0 Å². The monoisotopic (exact) mass is 131 g/mol. The van der Waals surface area contributed by atoms with Gasteiger partial charge in [0.15, 0.2) is 0 Å². The maximum atomic E-state index is 10.5. The van der Waals surface area contributed by atoms with Crippen molar-refractivity contribution in [1.82, 2.24) is 16.1 Å². The zero-order chi connectivity index (χ0) is 6.69. The predicted octanol–water partition coefficient (Wildman–Crippen LogP) is -1.01. The molecule has 9 heavy (non-hydrogen) atoms. The average Bonchev–Trinajstić information content (AvgIpc) is 1.88. The summed E-state index contributed by atoms with van der Waals surface area (Å²) in [4.78, 5) is 10.5. The normalized spacial score (nSPS) is 26.8. The highest BCUT2D eigenvalue weighted by Gasteiger charge is 2.14. The lowest BCUT2D eigenvalue weighted by atomic mass is 10.3. The molecule has 1 aliphatic rings. The Hall–Kier alpha value is -0.810. The maximum absolute atomic E-state index is 10.5. The smallest absolute Gasteiger partial charge is 0.316 e. The number of hydrogen-bond donors (Lipinski definition) is 4. The van der Waals surface area contributed by atoms with Crippen molar-refractivity contribution in [2.45, 2.75) is 12.6 Å². The molecule has 0 saturated carbocycles. The fourth-order valence-electron chi connectivity index (χ4n) is 0.708. The second-order valence-electron chi connectivity index (χ2n) is 1.87. The van der Waals surface area contributed by atoms with Crippen LogP contribution in [0.1, 0.15) is 6.42 Å². The molecule has 1 saturated heterocycles. The van der Waals surface area contributed by atoms with Crippen molar-refractivity contribution >= 4 is 6.03 Å². The molecule has 1 rings (SSSR count). The number of nitrogens with one attached hydrogen (secondary N) is 3. The summed E-state index contributed by atoms with van der Waals surface area (Å²) in [6.45, 7) is 0.601. The summed E-state index contributed by atoms with van der Waals surface area (Å²) in [5.74, 6) is 0. The first-order valence-corrected chi connectivity index (χ1v) is 2.77. The van der Waals surface area contributed by atoms with Gasteiger partial charge >= 0.3 is 6.03 Å². The van der Waals surface area contributed by atoms with Crippen LogP contribution in [0.2, 0.25) is 0 Å². The van der Waals surface area contributed by atoms with E-state index in [4.69, 9.17) is 5.21 Å². The quantitative estimate of drug-likeness (QED) is 0.345. The van der Waals surface area contributed by atoms with E-state index < -0.39 is 0 Å². The molecule has 0 aliphatic carbocycles. The Labute approximate surface area is 52.4 Å². The van der Waals surface area contributed by atoms with Crippen molar-refractivity contribution in [1.29, 1.82) is 0 Å². The second kappa shape index (κ2) is 2.65. The lowest BCUT2D eigenvalue weighted by Gasteiger charge is -2.22. The van der Waals surface area contributed by atoms with Gasteiger partial charge in [-0.05, 0) is 0 Å². The molecule has 1 atom stereocenters. The highest BCUT2D eigenvalue weighted by atomic mass is 16.5. The molecular formula is C4H9N3O2. The molecule has 0 aromatic carbocycles. The minimum absolute atomic E-state index is 0.243. The highest BCUT2D eigenvalue weighted by molar-refractivity contribution is 5.74. The van der Waals surface area contributed by atoms with Crippen molar-refractivity contribution in [3.63, 3.8) is 0 Å². The maximum Gasteiger partial charge on any atom is 0.316 e. The van der Waals surface area contributed by atoms with Crippen LogP contribution in [0.5, 0.6) is 0 Å². The molecule has 0 radical (unpaired) electrons. The van der Waals surface area contributed by atoms with Crippen molar-refractivity contribution in [2.24, 2.45) is 0 Å². The van der Waals surface area contributed by atoms with Gasteiger partial charge in [-0.15, -0.1) is 0 Å². The molecule has 5 nitrogen and oxygen atoms in total. The molecule has 1 heterocycles. The Kier molecular flexibility index (Phi) is 1.86. The van der Waals surface area contributed by atoms with Gasteiger partial charge in [0.05, 0.1) is 0 Å². The van der Waals surface area contributed by atoms with Gasteiger partial charge in [-0.1, -0.05) is 0 Å². The fourth-order valence-corrected chi connectivity index (χ4v) is 0.708. The van der Waals surface area contributed by atoms with Gasteiger partial charge in [0, 0.05) is 13.0 Å². The molecular weight excluding hydrogens is 122 g/mol. The average molecular weight is 131 g/mol. The Morgan fingerprint density at radius 3 is 3.00 bits per heavy atom. The Morgan fingerprint density at radius 1 is 1.78 bits per heavy atom. The molecule has 5 heteroatoms. The lowest BCUT2D eigenvalue weighted by Crippen LogP contribution is -2.54. The van der Waals surface area contributed by atoms with Gasteiger partial charge in [0.1, 0.15) is 6.17 Å². The number of carbonyl (C=O) groups is 1. The van der Waals surface area contributed by atoms with Crippen LogP contribution in [0.4, 0.5) is 4.79 Å². The third-order valence-electron chi connectivity index (χ3n) is 1.18. The van der Waals surface area contributed by atoms with E-state index >= 15 is 0 Å². The first kappa shape index (κ1) is 6.31. The zero-order valence-corrected chi connectivity index (χ0v) is 4.85. The number of carbonyl (C=O) groups excluding carboxylic acids is 1. The summed E-state index contributed by atoms with van der Waals surface area (Å²) in [7, 11) is 0. The molecule has 52 valence electrons. The van der Waals surface area contributed by atoms with Gasteiger partial charge in [0.25, 0.3) is 0 Å². The molecule has 0 aromatic rings. The lowest BCUT2D eigenvalue weighted by molar-refractivity contribution is 0.102. The van der Waals surface area contributed by atoms with Crippen LogP contribution in [0.3, 0.4) is 0 Å². The first-order valence-electron chi connectivity index (χ1n) is 2.77. The standard InChI is InChI=1S/C4H9N3O2/c8-4-5-2-1-3(6-4)7-9/h3,7,9H,1-2H2,(H2,5,6,8). The predicted molar refractivity (Wildman–Crippen MR) is 29.9 cm³/mol. The van der Waals surface area contributed by atoms with Crippen LogP contribution in [0, 0.1) is 0 Å². The molecule has 1 aliphatic heterocycles. The minimum atomic E-state index is -0.293. The first-order chi connectivity index (χ1) is 4.33.